The number of halogens is 1. The predicted molar refractivity (Wildman–Crippen MR) is 99.1 cm³/mol. The van der Waals surface area contributed by atoms with Crippen LogP contribution in [-0.2, 0) is 6.54 Å². The summed E-state index contributed by atoms with van der Waals surface area (Å²) in [5, 5.41) is 3.57. The number of ether oxygens (including phenoxy) is 1. The Labute approximate surface area is 153 Å². The Hall–Kier alpha value is -3.12. The fourth-order valence-corrected chi connectivity index (χ4v) is 3.34. The number of nitrogens with zero attached hydrogens (tertiary/aromatic N) is 1. The number of aromatic nitrogens is 2. The fourth-order valence-electron chi connectivity index (χ4n) is 3.06. The van der Waals surface area contributed by atoms with Gasteiger partial charge in [0.05, 0.1) is 23.4 Å². The Balaban J connectivity index is 1.69. The van der Waals surface area contributed by atoms with Gasteiger partial charge in [-0.1, -0.05) is 41.9 Å². The van der Waals surface area contributed by atoms with Crippen LogP contribution >= 0.6 is 11.6 Å². The number of fused-ring (bicyclic) bond motifs is 3. The molecular formula is C19H14ClN3O3. The van der Waals surface area contributed by atoms with Gasteiger partial charge in [-0.05, 0) is 17.7 Å². The zero-order valence-corrected chi connectivity index (χ0v) is 14.6. The van der Waals surface area contributed by atoms with Crippen molar-refractivity contribution in [3.63, 3.8) is 0 Å². The molecule has 0 saturated heterocycles. The molecule has 0 fully saturated rings. The van der Waals surface area contributed by atoms with Crippen molar-refractivity contribution in [2.45, 2.75) is 6.54 Å². The smallest absolute Gasteiger partial charge is 0.347 e. The van der Waals surface area contributed by atoms with E-state index in [1.165, 1.54) is 0 Å². The van der Waals surface area contributed by atoms with Gasteiger partial charge in [-0.15, -0.1) is 0 Å². The normalized spacial score (nSPS) is 11.8. The van der Waals surface area contributed by atoms with Gasteiger partial charge in [0.15, 0.2) is 5.78 Å². The van der Waals surface area contributed by atoms with Crippen LogP contribution in [0.3, 0.4) is 0 Å². The first-order valence-corrected chi connectivity index (χ1v) is 8.31. The average Bonchev–Trinajstić information content (AvgIpc) is 2.93. The quantitative estimate of drug-likeness (QED) is 0.578. The van der Waals surface area contributed by atoms with Crippen molar-refractivity contribution in [3.8, 4) is 17.0 Å². The summed E-state index contributed by atoms with van der Waals surface area (Å²) >= 11 is 6.14. The van der Waals surface area contributed by atoms with Gasteiger partial charge >= 0.3 is 5.69 Å². The lowest BCUT2D eigenvalue weighted by Gasteiger charge is -2.10. The van der Waals surface area contributed by atoms with E-state index in [-0.39, 0.29) is 11.6 Å². The molecule has 7 heteroatoms. The lowest BCUT2D eigenvalue weighted by molar-refractivity contribution is 0.104. The summed E-state index contributed by atoms with van der Waals surface area (Å²) in [6, 6.07) is 12.5. The molecule has 130 valence electrons. The number of H-pyrrole nitrogens is 1. The van der Waals surface area contributed by atoms with Crippen molar-refractivity contribution >= 4 is 23.2 Å². The van der Waals surface area contributed by atoms with Gasteiger partial charge in [0.25, 0.3) is 0 Å². The Morgan fingerprint density at radius 1 is 1.15 bits per heavy atom. The maximum absolute atomic E-state index is 12.7. The lowest BCUT2D eigenvalue weighted by Crippen LogP contribution is -2.17. The van der Waals surface area contributed by atoms with Gasteiger partial charge in [0.2, 0.25) is 0 Å². The van der Waals surface area contributed by atoms with Crippen LogP contribution in [0.4, 0.5) is 5.82 Å². The monoisotopic (exact) mass is 367 g/mol. The standard InChI is InChI=1S/C19H14ClN3O3/c1-26-14-7-6-10(8-13(14)20)9-21-18-15-16(22-19(25)23-18)11-4-2-3-5-12(11)17(15)24/h2-8H,9H2,1H3,(H2,21,22,23,25). The van der Waals surface area contributed by atoms with Crippen molar-refractivity contribution < 1.29 is 9.53 Å². The summed E-state index contributed by atoms with van der Waals surface area (Å²) in [5.41, 5.74) is 2.51. The molecule has 1 aliphatic carbocycles. The first-order valence-electron chi connectivity index (χ1n) is 7.93. The number of carbonyl (C=O) groups is 1. The van der Waals surface area contributed by atoms with Crippen LogP contribution in [0.2, 0.25) is 5.02 Å². The highest BCUT2D eigenvalue weighted by molar-refractivity contribution is 6.32. The van der Waals surface area contributed by atoms with Gasteiger partial charge in [0.1, 0.15) is 11.6 Å². The van der Waals surface area contributed by atoms with Crippen molar-refractivity contribution in [2.75, 3.05) is 12.4 Å². The molecule has 1 aliphatic rings. The Morgan fingerprint density at radius 2 is 1.92 bits per heavy atom. The number of aromatic amines is 1. The largest absolute Gasteiger partial charge is 0.495 e. The van der Waals surface area contributed by atoms with E-state index in [0.717, 1.165) is 5.56 Å². The molecule has 0 bridgehead atoms. The molecule has 2 N–H and O–H groups in total. The Morgan fingerprint density at radius 3 is 2.65 bits per heavy atom. The molecule has 0 radical (unpaired) electrons. The molecule has 3 aromatic rings. The summed E-state index contributed by atoms with van der Waals surface area (Å²) < 4.78 is 5.13. The number of methoxy groups -OCH3 is 1. The number of ketones is 1. The highest BCUT2D eigenvalue weighted by atomic mass is 35.5. The summed E-state index contributed by atoms with van der Waals surface area (Å²) in [5.74, 6) is 0.683. The van der Waals surface area contributed by atoms with Crippen molar-refractivity contribution in [1.29, 1.82) is 0 Å². The number of anilines is 1. The number of benzene rings is 2. The number of rotatable bonds is 4. The zero-order valence-electron chi connectivity index (χ0n) is 13.8. The molecule has 0 unspecified atom stereocenters. The van der Waals surface area contributed by atoms with E-state index in [1.54, 1.807) is 31.4 Å². The molecule has 2 aromatic carbocycles. The minimum absolute atomic E-state index is 0.158. The van der Waals surface area contributed by atoms with Gasteiger partial charge in [-0.25, -0.2) is 4.79 Å². The molecule has 0 saturated carbocycles. The minimum Gasteiger partial charge on any atom is -0.495 e. The first kappa shape index (κ1) is 16.4. The highest BCUT2D eigenvalue weighted by Crippen LogP contribution is 2.37. The van der Waals surface area contributed by atoms with Crippen LogP contribution in [0, 0.1) is 0 Å². The molecule has 0 aliphatic heterocycles. The van der Waals surface area contributed by atoms with Gasteiger partial charge in [0, 0.05) is 17.7 Å². The zero-order chi connectivity index (χ0) is 18.3. The van der Waals surface area contributed by atoms with Crippen LogP contribution in [0.15, 0.2) is 47.3 Å². The second-order valence-electron chi connectivity index (χ2n) is 5.84. The fraction of sp³-hybridized carbons (Fsp3) is 0.105. The molecule has 1 heterocycles. The number of hydrogen-bond donors (Lipinski definition) is 2. The molecule has 0 atom stereocenters. The minimum atomic E-state index is -0.511. The maximum Gasteiger partial charge on any atom is 0.347 e. The summed E-state index contributed by atoms with van der Waals surface area (Å²) in [7, 11) is 1.55. The number of carbonyl (C=O) groups excluding carboxylic acids is 1. The third-order valence-electron chi connectivity index (χ3n) is 4.28. The summed E-state index contributed by atoms with van der Waals surface area (Å²) in [6.45, 7) is 0.357. The van der Waals surface area contributed by atoms with Gasteiger partial charge in [-0.3, -0.25) is 4.79 Å². The SMILES string of the molecule is COc1ccc(CNc2nc(=O)[nH]c3c2C(=O)c2ccccc2-3)cc1Cl. The van der Waals surface area contributed by atoms with Crippen LogP contribution in [0.25, 0.3) is 11.3 Å². The molecule has 6 nitrogen and oxygen atoms in total. The Kier molecular flexibility index (Phi) is 3.97. The van der Waals surface area contributed by atoms with E-state index in [1.807, 2.05) is 18.2 Å². The van der Waals surface area contributed by atoms with E-state index in [2.05, 4.69) is 15.3 Å². The molecule has 1 aromatic heterocycles. The van der Waals surface area contributed by atoms with E-state index in [0.29, 0.717) is 39.7 Å². The van der Waals surface area contributed by atoms with E-state index in [9.17, 15) is 9.59 Å². The summed E-state index contributed by atoms with van der Waals surface area (Å²) in [6.07, 6.45) is 0. The van der Waals surface area contributed by atoms with Gasteiger partial charge < -0.3 is 15.0 Å². The third kappa shape index (κ3) is 2.64. The molecular weight excluding hydrogens is 354 g/mol. The second-order valence-corrected chi connectivity index (χ2v) is 6.24. The van der Waals surface area contributed by atoms with E-state index < -0.39 is 5.69 Å². The lowest BCUT2D eigenvalue weighted by atomic mass is 10.1. The molecule has 0 amide bonds. The van der Waals surface area contributed by atoms with Crippen LogP contribution in [0.1, 0.15) is 21.5 Å². The van der Waals surface area contributed by atoms with Crippen molar-refractivity contribution in [1.82, 2.24) is 9.97 Å². The van der Waals surface area contributed by atoms with E-state index in [4.69, 9.17) is 16.3 Å². The Bertz CT molecular complexity index is 1090. The van der Waals surface area contributed by atoms with Crippen molar-refractivity contribution in [3.05, 3.63) is 74.7 Å². The van der Waals surface area contributed by atoms with Crippen LogP contribution in [-0.4, -0.2) is 22.9 Å². The first-order chi connectivity index (χ1) is 12.6. The average molecular weight is 368 g/mol. The molecule has 0 spiro atoms. The molecule has 26 heavy (non-hydrogen) atoms. The van der Waals surface area contributed by atoms with E-state index >= 15 is 0 Å². The second kappa shape index (κ2) is 6.31. The third-order valence-corrected chi connectivity index (χ3v) is 4.57. The van der Waals surface area contributed by atoms with Crippen LogP contribution in [0.5, 0.6) is 5.75 Å². The maximum atomic E-state index is 12.7. The predicted octanol–water partition coefficient (Wildman–Crippen LogP) is 3.26. The molecule has 4 rings (SSSR count). The van der Waals surface area contributed by atoms with Gasteiger partial charge in [-0.2, -0.15) is 4.98 Å². The number of nitrogens with one attached hydrogen (secondary N) is 2. The summed E-state index contributed by atoms with van der Waals surface area (Å²) in [4.78, 5) is 31.3. The topological polar surface area (TPSA) is 84.1 Å². The van der Waals surface area contributed by atoms with Crippen molar-refractivity contribution in [2.24, 2.45) is 0 Å². The highest BCUT2D eigenvalue weighted by Gasteiger charge is 2.31. The number of hydrogen-bond acceptors (Lipinski definition) is 5. The van der Waals surface area contributed by atoms with Crippen LogP contribution < -0.4 is 15.7 Å².